The number of nitrogens with zero attached hydrogens (tertiary/aromatic N) is 3. The Morgan fingerprint density at radius 1 is 1.03 bits per heavy atom. The second-order valence-electron chi connectivity index (χ2n) is 9.56. The number of fused-ring (bicyclic) bond motifs is 4. The Morgan fingerprint density at radius 2 is 1.80 bits per heavy atom. The van der Waals surface area contributed by atoms with Crippen molar-refractivity contribution >= 4 is 5.91 Å². The largest absolute Gasteiger partial charge is 0.335 e. The lowest BCUT2D eigenvalue weighted by molar-refractivity contribution is -0.0602. The van der Waals surface area contributed by atoms with Gasteiger partial charge in [-0.1, -0.05) is 0 Å². The molecule has 0 N–H and O–H groups in total. The van der Waals surface area contributed by atoms with Gasteiger partial charge in [-0.2, -0.15) is 0 Å². The molecule has 1 aromatic rings. The molecule has 1 aromatic heterocycles. The molecular formula is C22H28F3N3O2. The molecule has 164 valence electrons. The number of hydrogen-bond donors (Lipinski definition) is 0. The minimum Gasteiger partial charge on any atom is -0.335 e. The molecule has 1 saturated carbocycles. The van der Waals surface area contributed by atoms with Crippen LogP contribution in [0, 0.1) is 5.92 Å². The van der Waals surface area contributed by atoms with Gasteiger partial charge < -0.3 is 9.47 Å². The lowest BCUT2D eigenvalue weighted by Crippen LogP contribution is -2.52. The standard InChI is InChI=1S/C22H28F3N3O2/c23-16-5-8-26(13-16)20(29)18-1-2-19-15-9-14(11-28(19)21(18)30)10-27(12-15)17-3-6-22(24,25)7-4-17/h1-2,14-17H,3-13H2/t14-,15+,16-/m0/s1. The predicted octanol–water partition coefficient (Wildman–Crippen LogP) is 3.03. The third-order valence-electron chi connectivity index (χ3n) is 7.48. The van der Waals surface area contributed by atoms with Crippen molar-refractivity contribution in [3.05, 3.63) is 33.7 Å². The highest BCUT2D eigenvalue weighted by atomic mass is 19.3. The Bertz CT molecular complexity index is 892. The smallest absolute Gasteiger partial charge is 0.263 e. The molecule has 0 radical (unpaired) electrons. The molecule has 4 heterocycles. The summed E-state index contributed by atoms with van der Waals surface area (Å²) in [5.41, 5.74) is 0.780. The molecule has 1 aliphatic carbocycles. The van der Waals surface area contributed by atoms with Gasteiger partial charge >= 0.3 is 0 Å². The topological polar surface area (TPSA) is 45.6 Å². The summed E-state index contributed by atoms with van der Waals surface area (Å²) in [5.74, 6) is -2.44. The monoisotopic (exact) mass is 423 g/mol. The summed E-state index contributed by atoms with van der Waals surface area (Å²) in [6, 6.07) is 3.66. The van der Waals surface area contributed by atoms with Crippen LogP contribution in [0.2, 0.25) is 0 Å². The van der Waals surface area contributed by atoms with Crippen molar-refractivity contribution in [3.8, 4) is 0 Å². The fraction of sp³-hybridized carbons (Fsp3) is 0.727. The van der Waals surface area contributed by atoms with Gasteiger partial charge in [0, 0.05) is 56.7 Å². The molecule has 3 fully saturated rings. The lowest BCUT2D eigenvalue weighted by Gasteiger charge is -2.47. The van der Waals surface area contributed by atoms with E-state index in [4.69, 9.17) is 0 Å². The van der Waals surface area contributed by atoms with Gasteiger partial charge in [-0.3, -0.25) is 14.5 Å². The maximum Gasteiger partial charge on any atom is 0.263 e. The highest BCUT2D eigenvalue weighted by Gasteiger charge is 2.42. The number of amides is 1. The first-order valence-electron chi connectivity index (χ1n) is 11.1. The van der Waals surface area contributed by atoms with Crippen molar-refractivity contribution < 1.29 is 18.0 Å². The first kappa shape index (κ1) is 20.1. The minimum absolute atomic E-state index is 0.0404. The second-order valence-corrected chi connectivity index (χ2v) is 9.56. The Balaban J connectivity index is 1.35. The van der Waals surface area contributed by atoms with Crippen molar-refractivity contribution in [3.63, 3.8) is 0 Å². The van der Waals surface area contributed by atoms with Crippen LogP contribution < -0.4 is 5.56 Å². The molecule has 0 aromatic carbocycles. The summed E-state index contributed by atoms with van der Waals surface area (Å²) in [7, 11) is 0. The van der Waals surface area contributed by atoms with E-state index in [0.29, 0.717) is 32.4 Å². The molecule has 1 amide bonds. The summed E-state index contributed by atoms with van der Waals surface area (Å²) in [5, 5.41) is 0. The van der Waals surface area contributed by atoms with Crippen LogP contribution in [-0.4, -0.2) is 64.6 Å². The molecule has 5 nitrogen and oxygen atoms in total. The van der Waals surface area contributed by atoms with Gasteiger partial charge in [0.25, 0.3) is 11.5 Å². The predicted molar refractivity (Wildman–Crippen MR) is 106 cm³/mol. The van der Waals surface area contributed by atoms with E-state index in [1.165, 1.54) is 4.90 Å². The number of alkyl halides is 3. The zero-order valence-corrected chi connectivity index (χ0v) is 17.0. The number of aromatic nitrogens is 1. The Morgan fingerprint density at radius 3 is 2.50 bits per heavy atom. The van der Waals surface area contributed by atoms with Crippen molar-refractivity contribution in [2.24, 2.45) is 5.92 Å². The normalized spacial score (nSPS) is 31.6. The Labute approximate surface area is 173 Å². The lowest BCUT2D eigenvalue weighted by atomic mass is 9.80. The number of carbonyl (C=O) groups excluding carboxylic acids is 1. The van der Waals surface area contributed by atoms with Crippen LogP contribution in [0.1, 0.15) is 60.5 Å². The quantitative estimate of drug-likeness (QED) is 0.735. The van der Waals surface area contributed by atoms with Crippen LogP contribution in [-0.2, 0) is 6.54 Å². The zero-order chi connectivity index (χ0) is 21.0. The molecular weight excluding hydrogens is 395 g/mol. The zero-order valence-electron chi connectivity index (χ0n) is 17.0. The third-order valence-corrected chi connectivity index (χ3v) is 7.48. The Kier molecular flexibility index (Phi) is 4.95. The fourth-order valence-electron chi connectivity index (χ4n) is 5.91. The van der Waals surface area contributed by atoms with Gasteiger partial charge in [0.15, 0.2) is 0 Å². The van der Waals surface area contributed by atoms with Gasteiger partial charge in [0.1, 0.15) is 11.7 Å². The van der Waals surface area contributed by atoms with Gasteiger partial charge in [0.05, 0.1) is 6.54 Å². The van der Waals surface area contributed by atoms with Crippen molar-refractivity contribution in [1.29, 1.82) is 0 Å². The number of carbonyl (C=O) groups is 1. The average Bonchev–Trinajstić information content (AvgIpc) is 3.14. The fourth-order valence-corrected chi connectivity index (χ4v) is 5.91. The van der Waals surface area contributed by atoms with Crippen molar-refractivity contribution in [2.45, 2.75) is 69.1 Å². The summed E-state index contributed by atoms with van der Waals surface area (Å²) in [4.78, 5) is 29.6. The van der Waals surface area contributed by atoms with E-state index in [-0.39, 0.29) is 54.3 Å². The maximum atomic E-state index is 13.5. The molecule has 3 aliphatic heterocycles. The molecule has 8 heteroatoms. The van der Waals surface area contributed by atoms with Crippen LogP contribution in [0.5, 0.6) is 0 Å². The van der Waals surface area contributed by atoms with Crippen LogP contribution in [0.25, 0.3) is 0 Å². The summed E-state index contributed by atoms with van der Waals surface area (Å²) in [6.07, 6.45) is 1.27. The Hall–Kier alpha value is -1.83. The molecule has 4 aliphatic rings. The molecule has 5 rings (SSSR count). The number of rotatable bonds is 2. The summed E-state index contributed by atoms with van der Waals surface area (Å²) >= 11 is 0. The average molecular weight is 423 g/mol. The maximum absolute atomic E-state index is 13.5. The van der Waals surface area contributed by atoms with Crippen LogP contribution in [0.4, 0.5) is 13.2 Å². The van der Waals surface area contributed by atoms with Gasteiger partial charge in [0.2, 0.25) is 5.92 Å². The molecule has 0 spiro atoms. The SMILES string of the molecule is O=C(c1ccc2n(c1=O)C[C@H]1C[C@@H]2CN(C2CCC(F)(F)CC2)C1)N1CC[C@H](F)C1. The highest BCUT2D eigenvalue weighted by molar-refractivity contribution is 5.94. The van der Waals surface area contributed by atoms with E-state index in [9.17, 15) is 22.8 Å². The van der Waals surface area contributed by atoms with E-state index >= 15 is 0 Å². The molecule has 2 bridgehead atoms. The number of halogens is 3. The van der Waals surface area contributed by atoms with Gasteiger partial charge in [-0.15, -0.1) is 0 Å². The van der Waals surface area contributed by atoms with E-state index < -0.39 is 12.1 Å². The van der Waals surface area contributed by atoms with Crippen LogP contribution in [0.15, 0.2) is 16.9 Å². The van der Waals surface area contributed by atoms with E-state index in [2.05, 4.69) is 4.90 Å². The van der Waals surface area contributed by atoms with E-state index in [1.807, 2.05) is 6.07 Å². The third kappa shape index (κ3) is 3.57. The van der Waals surface area contributed by atoms with Crippen molar-refractivity contribution in [2.75, 3.05) is 26.2 Å². The molecule has 0 unspecified atom stereocenters. The van der Waals surface area contributed by atoms with Crippen molar-refractivity contribution in [1.82, 2.24) is 14.4 Å². The molecule has 2 saturated heterocycles. The second kappa shape index (κ2) is 7.39. The number of likely N-dealkylation sites (tertiary alicyclic amines) is 2. The van der Waals surface area contributed by atoms with E-state index in [0.717, 1.165) is 25.2 Å². The van der Waals surface area contributed by atoms with Crippen LogP contribution in [0.3, 0.4) is 0 Å². The highest BCUT2D eigenvalue weighted by Crippen LogP contribution is 2.40. The first-order chi connectivity index (χ1) is 14.3. The van der Waals surface area contributed by atoms with E-state index in [1.54, 1.807) is 10.6 Å². The molecule has 30 heavy (non-hydrogen) atoms. The van der Waals surface area contributed by atoms with Gasteiger partial charge in [-0.25, -0.2) is 13.2 Å². The molecule has 3 atom stereocenters. The van der Waals surface area contributed by atoms with Gasteiger partial charge in [-0.05, 0) is 43.7 Å². The first-order valence-corrected chi connectivity index (χ1v) is 11.1. The number of pyridine rings is 1. The van der Waals surface area contributed by atoms with Crippen LogP contribution >= 0.6 is 0 Å². The summed E-state index contributed by atoms with van der Waals surface area (Å²) in [6.45, 7) is 2.54. The number of piperidine rings is 1. The number of hydrogen-bond acceptors (Lipinski definition) is 3. The summed E-state index contributed by atoms with van der Waals surface area (Å²) < 4.78 is 42.3. The minimum atomic E-state index is -2.53.